The second kappa shape index (κ2) is 8.47. The number of ketones is 1. The zero-order chi connectivity index (χ0) is 19.2. The summed E-state index contributed by atoms with van der Waals surface area (Å²) in [6.07, 6.45) is 3.18. The van der Waals surface area contributed by atoms with Gasteiger partial charge in [0.1, 0.15) is 0 Å². The van der Waals surface area contributed by atoms with Crippen molar-refractivity contribution < 1.29 is 9.59 Å². The number of hydrogen-bond acceptors (Lipinski definition) is 2. The summed E-state index contributed by atoms with van der Waals surface area (Å²) in [5.41, 5.74) is 3.57. The maximum atomic E-state index is 12.3. The summed E-state index contributed by atoms with van der Waals surface area (Å²) in [6.45, 7) is 1.94. The molecule has 0 heterocycles. The number of benzene rings is 3. The Morgan fingerprint density at radius 2 is 1.63 bits per heavy atom. The third kappa shape index (κ3) is 4.93. The maximum Gasteiger partial charge on any atom is 0.255 e. The van der Waals surface area contributed by atoms with Crippen LogP contribution in [-0.2, 0) is 0 Å². The molecule has 0 saturated carbocycles. The summed E-state index contributed by atoms with van der Waals surface area (Å²) >= 11 is 6.08. The quantitative estimate of drug-likeness (QED) is 0.452. The molecule has 0 aromatic heterocycles. The Morgan fingerprint density at radius 3 is 2.33 bits per heavy atom. The summed E-state index contributed by atoms with van der Waals surface area (Å²) in [6, 6.07) is 21.5. The van der Waals surface area contributed by atoms with E-state index < -0.39 is 0 Å². The highest BCUT2D eigenvalue weighted by Crippen LogP contribution is 2.17. The SMILES string of the molecule is Cc1cccc(C(=O)Nc2ccc(C(=O)/C=C/c3ccccc3Cl)cc2)c1. The van der Waals surface area contributed by atoms with Gasteiger partial charge >= 0.3 is 0 Å². The molecule has 1 amide bonds. The van der Waals surface area contributed by atoms with E-state index >= 15 is 0 Å². The molecule has 0 bridgehead atoms. The van der Waals surface area contributed by atoms with Crippen molar-refractivity contribution in [1.29, 1.82) is 0 Å². The van der Waals surface area contributed by atoms with E-state index in [0.29, 0.717) is 21.8 Å². The van der Waals surface area contributed by atoms with Gasteiger partial charge in [-0.15, -0.1) is 0 Å². The van der Waals surface area contributed by atoms with E-state index in [2.05, 4.69) is 5.32 Å². The number of carbonyl (C=O) groups excluding carboxylic acids is 2. The molecule has 3 aromatic carbocycles. The molecule has 0 aliphatic rings. The van der Waals surface area contributed by atoms with Crippen LogP contribution in [0.15, 0.2) is 78.9 Å². The maximum absolute atomic E-state index is 12.3. The van der Waals surface area contributed by atoms with Gasteiger partial charge in [0.2, 0.25) is 0 Å². The molecule has 0 fully saturated rings. The van der Waals surface area contributed by atoms with Gasteiger partial charge in [-0.05, 0) is 67.1 Å². The molecule has 3 rings (SSSR count). The molecule has 0 atom stereocenters. The number of halogens is 1. The van der Waals surface area contributed by atoms with E-state index in [9.17, 15) is 9.59 Å². The van der Waals surface area contributed by atoms with E-state index in [4.69, 9.17) is 11.6 Å². The Balaban J connectivity index is 1.67. The first-order chi connectivity index (χ1) is 13.0. The molecule has 134 valence electrons. The monoisotopic (exact) mass is 375 g/mol. The lowest BCUT2D eigenvalue weighted by molar-refractivity contribution is 0.102. The number of rotatable bonds is 5. The molecule has 0 spiro atoms. The van der Waals surface area contributed by atoms with Crippen LogP contribution >= 0.6 is 11.6 Å². The average molecular weight is 376 g/mol. The van der Waals surface area contributed by atoms with Crippen LogP contribution in [0.2, 0.25) is 5.02 Å². The average Bonchev–Trinajstić information content (AvgIpc) is 2.67. The van der Waals surface area contributed by atoms with Crippen LogP contribution in [0.25, 0.3) is 6.08 Å². The molecule has 0 aliphatic heterocycles. The fraction of sp³-hybridized carbons (Fsp3) is 0.0435. The third-order valence-corrected chi connectivity index (χ3v) is 4.37. The topological polar surface area (TPSA) is 46.2 Å². The summed E-state index contributed by atoms with van der Waals surface area (Å²) in [7, 11) is 0. The smallest absolute Gasteiger partial charge is 0.255 e. The molecule has 27 heavy (non-hydrogen) atoms. The lowest BCUT2D eigenvalue weighted by Crippen LogP contribution is -2.12. The lowest BCUT2D eigenvalue weighted by atomic mass is 10.1. The van der Waals surface area contributed by atoms with Gasteiger partial charge < -0.3 is 5.32 Å². The number of amides is 1. The summed E-state index contributed by atoms with van der Waals surface area (Å²) < 4.78 is 0. The molecule has 3 nitrogen and oxygen atoms in total. The highest BCUT2D eigenvalue weighted by Gasteiger charge is 2.07. The number of aryl methyl sites for hydroxylation is 1. The van der Waals surface area contributed by atoms with Gasteiger partial charge in [0.25, 0.3) is 5.91 Å². The van der Waals surface area contributed by atoms with E-state index in [1.807, 2.05) is 43.3 Å². The van der Waals surface area contributed by atoms with Gasteiger partial charge in [-0.3, -0.25) is 9.59 Å². The number of allylic oxidation sites excluding steroid dienone is 1. The van der Waals surface area contributed by atoms with Crippen molar-refractivity contribution in [2.24, 2.45) is 0 Å². The highest BCUT2D eigenvalue weighted by molar-refractivity contribution is 6.32. The normalized spacial score (nSPS) is 10.7. The Morgan fingerprint density at radius 1 is 0.889 bits per heavy atom. The van der Waals surface area contributed by atoms with Gasteiger partial charge in [0.05, 0.1) is 0 Å². The van der Waals surface area contributed by atoms with Crippen LogP contribution in [0.3, 0.4) is 0 Å². The summed E-state index contributed by atoms with van der Waals surface area (Å²) in [4.78, 5) is 24.6. The van der Waals surface area contributed by atoms with Gasteiger partial charge in [-0.2, -0.15) is 0 Å². The van der Waals surface area contributed by atoms with Crippen molar-refractivity contribution in [3.05, 3.63) is 106 Å². The standard InChI is InChI=1S/C23H18ClNO2/c1-16-5-4-7-19(15-16)23(27)25-20-12-9-18(10-13-20)22(26)14-11-17-6-2-3-8-21(17)24/h2-15H,1H3,(H,25,27)/b14-11+. The third-order valence-electron chi connectivity index (χ3n) is 4.03. The first kappa shape index (κ1) is 18.6. The Hall–Kier alpha value is -3.17. The molecule has 3 aromatic rings. The second-order valence-corrected chi connectivity index (χ2v) is 6.53. The molecule has 0 saturated heterocycles. The summed E-state index contributed by atoms with van der Waals surface area (Å²) in [5.74, 6) is -0.317. The van der Waals surface area contributed by atoms with Crippen LogP contribution in [0.4, 0.5) is 5.69 Å². The Kier molecular flexibility index (Phi) is 5.84. The van der Waals surface area contributed by atoms with E-state index in [0.717, 1.165) is 11.1 Å². The van der Waals surface area contributed by atoms with Crippen molar-refractivity contribution in [3.63, 3.8) is 0 Å². The van der Waals surface area contributed by atoms with E-state index in [1.165, 1.54) is 6.08 Å². The Bertz CT molecular complexity index is 1010. The zero-order valence-corrected chi connectivity index (χ0v) is 15.5. The minimum Gasteiger partial charge on any atom is -0.322 e. The first-order valence-corrected chi connectivity index (χ1v) is 8.86. The van der Waals surface area contributed by atoms with Gasteiger partial charge in [-0.25, -0.2) is 0 Å². The number of hydrogen-bond donors (Lipinski definition) is 1. The van der Waals surface area contributed by atoms with Crippen LogP contribution < -0.4 is 5.32 Å². The van der Waals surface area contributed by atoms with Gasteiger partial charge in [0, 0.05) is 21.8 Å². The minimum atomic E-state index is -0.184. The van der Waals surface area contributed by atoms with Crippen molar-refractivity contribution in [1.82, 2.24) is 0 Å². The number of anilines is 1. The molecule has 1 N–H and O–H groups in total. The number of nitrogens with one attached hydrogen (secondary N) is 1. The van der Waals surface area contributed by atoms with E-state index in [1.54, 1.807) is 42.5 Å². The van der Waals surface area contributed by atoms with Gasteiger partial charge in [0.15, 0.2) is 5.78 Å². The molecular formula is C23H18ClNO2. The number of carbonyl (C=O) groups is 2. The zero-order valence-electron chi connectivity index (χ0n) is 14.8. The minimum absolute atomic E-state index is 0.133. The van der Waals surface area contributed by atoms with Crippen LogP contribution in [0.5, 0.6) is 0 Å². The van der Waals surface area contributed by atoms with Crippen molar-refractivity contribution in [3.8, 4) is 0 Å². The van der Waals surface area contributed by atoms with Crippen molar-refractivity contribution in [2.75, 3.05) is 5.32 Å². The van der Waals surface area contributed by atoms with Gasteiger partial charge in [-0.1, -0.05) is 47.5 Å². The first-order valence-electron chi connectivity index (χ1n) is 8.48. The predicted molar refractivity (Wildman–Crippen MR) is 110 cm³/mol. The fourth-order valence-electron chi connectivity index (χ4n) is 2.58. The van der Waals surface area contributed by atoms with Crippen molar-refractivity contribution >= 4 is 35.1 Å². The Labute approximate surface area is 163 Å². The lowest BCUT2D eigenvalue weighted by Gasteiger charge is -2.06. The van der Waals surface area contributed by atoms with Crippen LogP contribution in [0, 0.1) is 6.92 Å². The molecule has 0 unspecified atom stereocenters. The highest BCUT2D eigenvalue weighted by atomic mass is 35.5. The molecule has 0 aliphatic carbocycles. The second-order valence-electron chi connectivity index (χ2n) is 6.12. The molecule has 0 radical (unpaired) electrons. The van der Waals surface area contributed by atoms with E-state index in [-0.39, 0.29) is 11.7 Å². The summed E-state index contributed by atoms with van der Waals surface area (Å²) in [5, 5.41) is 3.42. The predicted octanol–water partition coefficient (Wildman–Crippen LogP) is 5.80. The molecular weight excluding hydrogens is 358 g/mol. The van der Waals surface area contributed by atoms with Crippen LogP contribution in [0.1, 0.15) is 31.8 Å². The fourth-order valence-corrected chi connectivity index (χ4v) is 2.78. The van der Waals surface area contributed by atoms with Crippen LogP contribution in [-0.4, -0.2) is 11.7 Å². The van der Waals surface area contributed by atoms with Crippen molar-refractivity contribution in [2.45, 2.75) is 6.92 Å². The largest absolute Gasteiger partial charge is 0.322 e. The molecule has 4 heteroatoms.